The Morgan fingerprint density at radius 3 is 2.73 bits per heavy atom. The summed E-state index contributed by atoms with van der Waals surface area (Å²) < 4.78 is 5.41. The van der Waals surface area contributed by atoms with Gasteiger partial charge in [-0.1, -0.05) is 0 Å². The summed E-state index contributed by atoms with van der Waals surface area (Å²) in [4.78, 5) is 26.4. The summed E-state index contributed by atoms with van der Waals surface area (Å²) >= 11 is 1.54. The molecule has 1 aromatic rings. The number of thiophene rings is 1. The molecule has 2 heterocycles. The SMILES string of the molecule is CC(C)(C)OC(=O)N1CCC[C@](C)(C(=O)Nc2ccsc2)C1. The maximum Gasteiger partial charge on any atom is 0.410 e. The minimum Gasteiger partial charge on any atom is -0.444 e. The molecular formula is C16H24N2O3S. The highest BCUT2D eigenvalue weighted by Crippen LogP contribution is 2.32. The van der Waals surface area contributed by atoms with Crippen LogP contribution in [0, 0.1) is 5.41 Å². The fourth-order valence-corrected chi connectivity index (χ4v) is 3.11. The molecule has 6 heteroatoms. The number of anilines is 1. The van der Waals surface area contributed by atoms with Crippen molar-refractivity contribution in [2.24, 2.45) is 5.41 Å². The first kappa shape index (κ1) is 16.8. The summed E-state index contributed by atoms with van der Waals surface area (Å²) in [5, 5.41) is 6.75. The third-order valence-corrected chi connectivity index (χ3v) is 4.36. The van der Waals surface area contributed by atoms with Crippen molar-refractivity contribution in [2.75, 3.05) is 18.4 Å². The predicted molar refractivity (Wildman–Crippen MR) is 88.1 cm³/mol. The summed E-state index contributed by atoms with van der Waals surface area (Å²) in [6.07, 6.45) is 1.22. The molecule has 1 fully saturated rings. The number of carbonyl (C=O) groups excluding carboxylic acids is 2. The lowest BCUT2D eigenvalue weighted by Gasteiger charge is -2.39. The summed E-state index contributed by atoms with van der Waals surface area (Å²) in [6.45, 7) is 8.46. The van der Waals surface area contributed by atoms with Crippen LogP contribution in [0.25, 0.3) is 0 Å². The number of hydrogen-bond donors (Lipinski definition) is 1. The van der Waals surface area contributed by atoms with Crippen molar-refractivity contribution < 1.29 is 14.3 Å². The number of carbonyl (C=O) groups is 2. The molecular weight excluding hydrogens is 300 g/mol. The topological polar surface area (TPSA) is 58.6 Å². The first-order valence-corrected chi connectivity index (χ1v) is 8.45. The van der Waals surface area contributed by atoms with Gasteiger partial charge in [0.05, 0.1) is 11.1 Å². The van der Waals surface area contributed by atoms with Gasteiger partial charge in [-0.15, -0.1) is 0 Å². The number of piperidine rings is 1. The zero-order valence-electron chi connectivity index (χ0n) is 13.6. The van der Waals surface area contributed by atoms with Gasteiger partial charge in [-0.2, -0.15) is 11.3 Å². The van der Waals surface area contributed by atoms with Crippen molar-refractivity contribution in [1.82, 2.24) is 4.90 Å². The zero-order valence-corrected chi connectivity index (χ0v) is 14.5. The molecule has 0 saturated carbocycles. The first-order chi connectivity index (χ1) is 10.2. The highest BCUT2D eigenvalue weighted by Gasteiger charge is 2.40. The fraction of sp³-hybridized carbons (Fsp3) is 0.625. The Bertz CT molecular complexity index is 536. The van der Waals surface area contributed by atoms with Crippen LogP contribution in [0.1, 0.15) is 40.5 Å². The van der Waals surface area contributed by atoms with Crippen molar-refractivity contribution in [2.45, 2.75) is 46.1 Å². The average Bonchev–Trinajstić information content (AvgIpc) is 2.89. The van der Waals surface area contributed by atoms with Gasteiger partial charge >= 0.3 is 6.09 Å². The van der Waals surface area contributed by atoms with Crippen LogP contribution < -0.4 is 5.32 Å². The number of ether oxygens (including phenoxy) is 1. The maximum absolute atomic E-state index is 12.6. The van der Waals surface area contributed by atoms with Crippen molar-refractivity contribution in [3.63, 3.8) is 0 Å². The Labute approximate surface area is 135 Å². The summed E-state index contributed by atoms with van der Waals surface area (Å²) in [5.74, 6) is -0.0424. The molecule has 22 heavy (non-hydrogen) atoms. The highest BCUT2D eigenvalue weighted by atomic mass is 32.1. The molecule has 0 spiro atoms. The number of hydrogen-bond acceptors (Lipinski definition) is 4. The normalized spacial score (nSPS) is 22.3. The number of likely N-dealkylation sites (tertiary alicyclic amines) is 1. The van der Waals surface area contributed by atoms with Gasteiger partial charge < -0.3 is 15.0 Å². The van der Waals surface area contributed by atoms with Crippen molar-refractivity contribution in [3.8, 4) is 0 Å². The van der Waals surface area contributed by atoms with Gasteiger partial charge in [-0.05, 0) is 52.0 Å². The van der Waals surface area contributed by atoms with Crippen molar-refractivity contribution in [1.29, 1.82) is 0 Å². The Morgan fingerprint density at radius 1 is 1.41 bits per heavy atom. The quantitative estimate of drug-likeness (QED) is 0.902. The van der Waals surface area contributed by atoms with Crippen LogP contribution in [-0.4, -0.2) is 35.6 Å². The fourth-order valence-electron chi connectivity index (χ4n) is 2.52. The number of nitrogens with one attached hydrogen (secondary N) is 1. The molecule has 1 aromatic heterocycles. The van der Waals surface area contributed by atoms with E-state index in [-0.39, 0.29) is 12.0 Å². The second-order valence-electron chi connectivity index (χ2n) is 7.03. The van der Waals surface area contributed by atoms with Crippen molar-refractivity contribution >= 4 is 29.0 Å². The Hall–Kier alpha value is -1.56. The van der Waals surface area contributed by atoms with E-state index in [2.05, 4.69) is 5.32 Å². The largest absolute Gasteiger partial charge is 0.444 e. The minimum absolute atomic E-state index is 0.0424. The molecule has 1 N–H and O–H groups in total. The summed E-state index contributed by atoms with van der Waals surface area (Å²) in [7, 11) is 0. The number of amides is 2. The molecule has 122 valence electrons. The van der Waals surface area contributed by atoms with Gasteiger partial charge in [0.1, 0.15) is 5.60 Å². The molecule has 5 nitrogen and oxygen atoms in total. The van der Waals surface area contributed by atoms with E-state index in [4.69, 9.17) is 4.74 Å². The second kappa shape index (κ2) is 6.28. The molecule has 1 aliphatic rings. The monoisotopic (exact) mass is 324 g/mol. The Morgan fingerprint density at radius 2 is 2.14 bits per heavy atom. The lowest BCUT2D eigenvalue weighted by Crippen LogP contribution is -2.51. The molecule has 0 unspecified atom stereocenters. The molecule has 2 rings (SSSR count). The van der Waals surface area contributed by atoms with E-state index in [1.54, 1.807) is 4.90 Å². The average molecular weight is 324 g/mol. The van der Waals surface area contributed by atoms with Gasteiger partial charge in [0.2, 0.25) is 5.91 Å². The summed E-state index contributed by atoms with van der Waals surface area (Å²) in [6, 6.07) is 1.88. The smallest absolute Gasteiger partial charge is 0.410 e. The van der Waals surface area contributed by atoms with E-state index < -0.39 is 11.0 Å². The Kier molecular flexibility index (Phi) is 4.80. The van der Waals surface area contributed by atoms with Gasteiger partial charge in [0, 0.05) is 18.5 Å². The van der Waals surface area contributed by atoms with Crippen LogP contribution in [-0.2, 0) is 9.53 Å². The van der Waals surface area contributed by atoms with E-state index in [9.17, 15) is 9.59 Å². The first-order valence-electron chi connectivity index (χ1n) is 7.51. The van der Waals surface area contributed by atoms with Crippen LogP contribution in [0.15, 0.2) is 16.8 Å². The minimum atomic E-state index is -0.586. The van der Waals surface area contributed by atoms with E-state index in [1.807, 2.05) is 44.5 Å². The van der Waals surface area contributed by atoms with Crippen LogP contribution >= 0.6 is 11.3 Å². The van der Waals surface area contributed by atoms with E-state index in [0.717, 1.165) is 18.5 Å². The van der Waals surface area contributed by atoms with Crippen LogP contribution in [0.2, 0.25) is 0 Å². The summed E-state index contributed by atoms with van der Waals surface area (Å²) in [5.41, 5.74) is -0.299. The molecule has 2 amide bonds. The molecule has 0 aromatic carbocycles. The Balaban J connectivity index is 2.01. The van der Waals surface area contributed by atoms with Crippen LogP contribution in [0.5, 0.6) is 0 Å². The van der Waals surface area contributed by atoms with Gasteiger partial charge in [0.25, 0.3) is 0 Å². The third kappa shape index (κ3) is 4.22. The van der Waals surface area contributed by atoms with Gasteiger partial charge in [0.15, 0.2) is 0 Å². The number of rotatable bonds is 2. The van der Waals surface area contributed by atoms with Gasteiger partial charge in [-0.3, -0.25) is 4.79 Å². The van der Waals surface area contributed by atoms with Crippen molar-refractivity contribution in [3.05, 3.63) is 16.8 Å². The standard InChI is InChI=1S/C16H24N2O3S/c1-15(2,3)21-14(20)18-8-5-7-16(4,11-18)13(19)17-12-6-9-22-10-12/h6,9-10H,5,7-8,11H2,1-4H3,(H,17,19)/t16-/m0/s1. The van der Waals surface area contributed by atoms with Crippen LogP contribution in [0.4, 0.5) is 10.5 Å². The molecule has 1 saturated heterocycles. The molecule has 0 radical (unpaired) electrons. The van der Waals surface area contributed by atoms with Gasteiger partial charge in [-0.25, -0.2) is 4.79 Å². The highest BCUT2D eigenvalue weighted by molar-refractivity contribution is 7.08. The second-order valence-corrected chi connectivity index (χ2v) is 7.81. The molecule has 1 aliphatic heterocycles. The third-order valence-electron chi connectivity index (χ3n) is 3.68. The van der Waals surface area contributed by atoms with E-state index in [1.165, 1.54) is 11.3 Å². The molecule has 1 atom stereocenters. The molecule has 0 bridgehead atoms. The zero-order chi connectivity index (χ0) is 16.4. The van der Waals surface area contributed by atoms with E-state index in [0.29, 0.717) is 13.1 Å². The van der Waals surface area contributed by atoms with Crippen LogP contribution in [0.3, 0.4) is 0 Å². The number of nitrogens with zero attached hydrogens (tertiary/aromatic N) is 1. The lowest BCUT2D eigenvalue weighted by molar-refractivity contribution is -0.127. The predicted octanol–water partition coefficient (Wildman–Crippen LogP) is 3.72. The lowest BCUT2D eigenvalue weighted by atomic mass is 9.81. The molecule has 0 aliphatic carbocycles. The maximum atomic E-state index is 12.6. The van der Waals surface area contributed by atoms with E-state index >= 15 is 0 Å².